The van der Waals surface area contributed by atoms with Crippen LogP contribution in [0.15, 0.2) is 154 Å². The van der Waals surface area contributed by atoms with Gasteiger partial charge in [0, 0.05) is 28.0 Å². The Morgan fingerprint density at radius 1 is 0.471 bits per heavy atom. The van der Waals surface area contributed by atoms with Crippen LogP contribution in [0.1, 0.15) is 65.5 Å². The summed E-state index contributed by atoms with van der Waals surface area (Å²) in [6.45, 7) is 14.2. The maximum Gasteiger partial charge on any atom is 0.360 e. The molecule has 6 aromatic carbocycles. The van der Waals surface area contributed by atoms with E-state index in [-0.39, 0.29) is 15.7 Å². The molecule has 0 radical (unpaired) electrons. The second-order valence-corrected chi connectivity index (χ2v) is 15.4. The molecule has 6 rings (SSSR count). The zero-order chi connectivity index (χ0) is 51.0. The third-order valence-electron chi connectivity index (χ3n) is 10.4. The number of aliphatic imine (C=N–C) groups is 2. The van der Waals surface area contributed by atoms with Gasteiger partial charge in [-0.05, 0) is 104 Å². The van der Waals surface area contributed by atoms with E-state index in [1.165, 1.54) is 28.4 Å². The summed E-state index contributed by atoms with van der Waals surface area (Å²) in [7, 11) is 7.00. The SMILES string of the molecule is C=NC(=O)/C(=N/OC)c1ccccc1COc1cc(C)ccc1C.CN=C(C(=O)OC)c1ccccc1COc1cc(C)ccc1C.CO/N=C(/C(=O)OC)c1ccccc1COc1ccccc1C.[HH].[HH].[HH]. The number of methoxy groups -OCH3 is 2. The molecule has 0 saturated carbocycles. The number of hydrogen-bond donors (Lipinski definition) is 0. The van der Waals surface area contributed by atoms with Crippen molar-refractivity contribution in [2.45, 2.75) is 54.4 Å². The van der Waals surface area contributed by atoms with Gasteiger partial charge in [-0.3, -0.25) is 9.79 Å². The fourth-order valence-electron chi connectivity index (χ4n) is 6.71. The molecule has 0 heterocycles. The predicted octanol–water partition coefficient (Wildman–Crippen LogP) is 10.8. The van der Waals surface area contributed by atoms with Crippen LogP contribution in [0.4, 0.5) is 0 Å². The summed E-state index contributed by atoms with van der Waals surface area (Å²) in [4.78, 5) is 52.8. The van der Waals surface area contributed by atoms with Crippen molar-refractivity contribution >= 4 is 41.7 Å². The lowest BCUT2D eigenvalue weighted by atomic mass is 10.0. The average molecular weight is 955 g/mol. The zero-order valence-corrected chi connectivity index (χ0v) is 41.4. The van der Waals surface area contributed by atoms with E-state index in [0.29, 0.717) is 36.7 Å². The first-order chi connectivity index (χ1) is 33.8. The van der Waals surface area contributed by atoms with Gasteiger partial charge in [-0.2, -0.15) is 0 Å². The summed E-state index contributed by atoms with van der Waals surface area (Å²) in [6, 6.07) is 42.1. The third-order valence-corrected chi connectivity index (χ3v) is 10.4. The summed E-state index contributed by atoms with van der Waals surface area (Å²) >= 11 is 0. The van der Waals surface area contributed by atoms with Gasteiger partial charge in [0.05, 0.1) is 14.2 Å². The van der Waals surface area contributed by atoms with Gasteiger partial charge < -0.3 is 33.4 Å². The topological polar surface area (TPSA) is 165 Å². The van der Waals surface area contributed by atoms with E-state index in [1.54, 1.807) is 19.2 Å². The van der Waals surface area contributed by atoms with E-state index in [1.807, 2.05) is 150 Å². The number of nitrogens with zero attached hydrogens (tertiary/aromatic N) is 4. The normalized spacial score (nSPS) is 11.1. The Bertz CT molecular complexity index is 2850. The number of benzene rings is 6. The predicted molar refractivity (Wildman–Crippen MR) is 280 cm³/mol. The van der Waals surface area contributed by atoms with Gasteiger partial charge in [0.1, 0.15) is 51.3 Å². The van der Waals surface area contributed by atoms with E-state index in [2.05, 4.69) is 33.1 Å². The Labute approximate surface area is 414 Å². The maximum absolute atomic E-state index is 11.9. The van der Waals surface area contributed by atoms with Crippen LogP contribution in [-0.2, 0) is 53.4 Å². The number of carbonyl (C=O) groups excluding carboxylic acids is 3. The first-order valence-electron chi connectivity index (χ1n) is 22.0. The van der Waals surface area contributed by atoms with Crippen LogP contribution in [0.3, 0.4) is 0 Å². The van der Waals surface area contributed by atoms with Gasteiger partial charge in [-0.15, -0.1) is 0 Å². The molecule has 0 saturated heterocycles. The molecule has 14 heteroatoms. The Balaban J connectivity index is 0.000000537. The number of rotatable bonds is 17. The Hall–Kier alpha value is -8.39. The standard InChI is InChI=1S/C19H20N2O3.C19H21NO3.C18H19NO4.3H2/c1-13-9-10-14(2)17(11-13)24-12-15-7-5-6-8-16(15)18(21-23-4)19(22)20-3;1-13-9-10-14(2)17(11-13)23-12-15-7-5-6-8-16(15)18(20-3)19(21)22-4;1-13-8-4-7-11-16(13)23-12-14-9-5-6-10-15(14)17(19-22-3)18(20)21-2;;;/h5-11H,3,12H2,1-2,4H3;5-11H,12H2,1-4H3;4-11H,12H2,1-3H3;3*1H/b21-18+;;19-17+;;;. The van der Waals surface area contributed by atoms with Crippen LogP contribution in [0.5, 0.6) is 17.2 Å². The van der Waals surface area contributed by atoms with Crippen molar-refractivity contribution in [1.82, 2.24) is 0 Å². The molecule has 0 aromatic heterocycles. The molecule has 0 spiro atoms. The van der Waals surface area contributed by atoms with Crippen molar-refractivity contribution in [3.05, 3.63) is 195 Å². The molecule has 0 N–H and O–H groups in total. The fourth-order valence-corrected chi connectivity index (χ4v) is 6.71. The highest BCUT2D eigenvalue weighted by Crippen LogP contribution is 2.24. The summed E-state index contributed by atoms with van der Waals surface area (Å²) in [5.74, 6) is 0.888. The highest BCUT2D eigenvalue weighted by Gasteiger charge is 2.21. The van der Waals surface area contributed by atoms with E-state index in [9.17, 15) is 14.4 Å². The first kappa shape index (κ1) is 54.2. The zero-order valence-electron chi connectivity index (χ0n) is 41.4. The minimum Gasteiger partial charge on any atom is -0.489 e. The lowest BCUT2D eigenvalue weighted by molar-refractivity contribution is -0.133. The van der Waals surface area contributed by atoms with Crippen LogP contribution < -0.4 is 14.2 Å². The van der Waals surface area contributed by atoms with Crippen molar-refractivity contribution < 1.29 is 52.0 Å². The molecule has 0 aliphatic rings. The van der Waals surface area contributed by atoms with Crippen LogP contribution in [-0.4, -0.2) is 77.2 Å². The molecule has 70 heavy (non-hydrogen) atoms. The Morgan fingerprint density at radius 3 is 1.27 bits per heavy atom. The molecule has 14 nitrogen and oxygen atoms in total. The van der Waals surface area contributed by atoms with E-state index < -0.39 is 17.8 Å². The molecule has 6 aromatic rings. The van der Waals surface area contributed by atoms with Crippen molar-refractivity contribution in [3.63, 3.8) is 0 Å². The lowest BCUT2D eigenvalue weighted by Gasteiger charge is -2.13. The number of hydrogen-bond acceptors (Lipinski definition) is 13. The van der Waals surface area contributed by atoms with Crippen LogP contribution in [0.2, 0.25) is 0 Å². The number of oxime groups is 2. The summed E-state index contributed by atoms with van der Waals surface area (Å²) < 4.78 is 27.3. The molecule has 0 atom stereocenters. The molecule has 0 aliphatic heterocycles. The number of esters is 2. The maximum atomic E-state index is 11.9. The molecule has 370 valence electrons. The lowest BCUT2D eigenvalue weighted by Crippen LogP contribution is -2.19. The Morgan fingerprint density at radius 2 is 0.843 bits per heavy atom. The van der Waals surface area contributed by atoms with E-state index in [0.717, 1.165) is 67.3 Å². The van der Waals surface area contributed by atoms with Crippen molar-refractivity contribution in [1.29, 1.82) is 0 Å². The highest BCUT2D eigenvalue weighted by atomic mass is 16.6. The highest BCUT2D eigenvalue weighted by molar-refractivity contribution is 6.46. The average Bonchev–Trinajstić information content (AvgIpc) is 3.38. The molecular formula is C56H66N4O10. The van der Waals surface area contributed by atoms with Gasteiger partial charge in [-0.25, -0.2) is 14.6 Å². The molecule has 0 unspecified atom stereocenters. The van der Waals surface area contributed by atoms with E-state index in [4.69, 9.17) is 33.4 Å². The second kappa shape index (κ2) is 28.1. The molecular weight excluding hydrogens is 889 g/mol. The van der Waals surface area contributed by atoms with Crippen LogP contribution in [0.25, 0.3) is 0 Å². The van der Waals surface area contributed by atoms with Crippen LogP contribution >= 0.6 is 0 Å². The molecule has 0 fully saturated rings. The smallest absolute Gasteiger partial charge is 0.360 e. The summed E-state index contributed by atoms with van der Waals surface area (Å²) in [6.07, 6.45) is 0. The van der Waals surface area contributed by atoms with Gasteiger partial charge in [0.2, 0.25) is 0 Å². The first-order valence-corrected chi connectivity index (χ1v) is 22.0. The largest absolute Gasteiger partial charge is 0.489 e. The van der Waals surface area contributed by atoms with Gasteiger partial charge in [0.15, 0.2) is 17.1 Å². The third kappa shape index (κ3) is 15.6. The number of carbonyl (C=O) groups is 3. The van der Waals surface area contributed by atoms with Crippen molar-refractivity contribution in [3.8, 4) is 17.2 Å². The molecule has 0 aliphatic carbocycles. The van der Waals surface area contributed by atoms with E-state index >= 15 is 0 Å². The quantitative estimate of drug-likeness (QED) is 0.0488. The van der Waals surface area contributed by atoms with Crippen molar-refractivity contribution in [2.24, 2.45) is 20.3 Å². The summed E-state index contributed by atoms with van der Waals surface area (Å²) in [5, 5.41) is 7.58. The molecule has 1 amide bonds. The Kier molecular flexibility index (Phi) is 21.7. The van der Waals surface area contributed by atoms with Gasteiger partial charge in [-0.1, -0.05) is 126 Å². The minimum absolute atomic E-state index is 0. The van der Waals surface area contributed by atoms with Gasteiger partial charge in [0.25, 0.3) is 5.91 Å². The monoisotopic (exact) mass is 954 g/mol. The molecule has 0 bridgehead atoms. The second-order valence-electron chi connectivity index (χ2n) is 15.4. The van der Waals surface area contributed by atoms with Crippen LogP contribution in [0, 0.1) is 34.6 Å². The number of amides is 1. The minimum atomic E-state index is -0.560. The van der Waals surface area contributed by atoms with Gasteiger partial charge >= 0.3 is 11.9 Å². The summed E-state index contributed by atoms with van der Waals surface area (Å²) in [5.41, 5.74) is 10.4. The number of ether oxygens (including phenoxy) is 5. The fraction of sp³-hybridized carbons (Fsp3) is 0.232. The number of para-hydroxylation sites is 1. The number of aryl methyl sites for hydroxylation is 5. The van der Waals surface area contributed by atoms with Crippen molar-refractivity contribution in [2.75, 3.05) is 35.5 Å².